The number of carbonyl (C=O) groups is 1. The van der Waals surface area contributed by atoms with E-state index in [0.29, 0.717) is 31.2 Å². The van der Waals surface area contributed by atoms with E-state index in [9.17, 15) is 4.79 Å². The van der Waals surface area contributed by atoms with Gasteiger partial charge in [-0.1, -0.05) is 12.2 Å². The molecule has 2 saturated heterocycles. The third-order valence-electron chi connectivity index (χ3n) is 4.65. The topological polar surface area (TPSA) is 35.6 Å². The molecule has 2 unspecified atom stereocenters. The van der Waals surface area contributed by atoms with Crippen LogP contribution in [0.1, 0.15) is 39.5 Å². The first kappa shape index (κ1) is 15.5. The molecule has 114 valence electrons. The van der Waals surface area contributed by atoms with E-state index < -0.39 is 0 Å². The van der Waals surface area contributed by atoms with Crippen molar-refractivity contribution in [3.63, 3.8) is 0 Å². The van der Waals surface area contributed by atoms with Gasteiger partial charge in [0.2, 0.25) is 5.91 Å². The zero-order chi connectivity index (χ0) is 14.7. The number of nitrogens with one attached hydrogen (secondary N) is 1. The Labute approximate surface area is 123 Å². The van der Waals surface area contributed by atoms with Gasteiger partial charge in [-0.2, -0.15) is 0 Å². The molecule has 2 bridgehead atoms. The van der Waals surface area contributed by atoms with Crippen molar-refractivity contribution in [2.75, 3.05) is 26.7 Å². The second-order valence-electron chi connectivity index (χ2n) is 6.54. The normalized spacial score (nSPS) is 28.7. The van der Waals surface area contributed by atoms with Crippen LogP contribution < -0.4 is 5.32 Å². The van der Waals surface area contributed by atoms with Crippen molar-refractivity contribution in [2.45, 2.75) is 57.7 Å². The van der Waals surface area contributed by atoms with Crippen molar-refractivity contribution in [2.24, 2.45) is 0 Å². The van der Waals surface area contributed by atoms with Gasteiger partial charge in [0.05, 0.1) is 6.54 Å². The number of rotatable bonds is 6. The number of piperidine rings is 1. The molecular formula is C16H29N3O. The maximum atomic E-state index is 12.4. The summed E-state index contributed by atoms with van der Waals surface area (Å²) in [5.74, 6) is 0.226. The highest BCUT2D eigenvalue weighted by Gasteiger charge is 2.35. The van der Waals surface area contributed by atoms with Crippen molar-refractivity contribution in [1.82, 2.24) is 15.1 Å². The third kappa shape index (κ3) is 3.83. The lowest BCUT2D eigenvalue weighted by Gasteiger charge is -2.36. The summed E-state index contributed by atoms with van der Waals surface area (Å²) in [6.45, 7) is 9.89. The fourth-order valence-corrected chi connectivity index (χ4v) is 3.53. The molecule has 1 amide bonds. The van der Waals surface area contributed by atoms with Gasteiger partial charge in [0.25, 0.3) is 0 Å². The standard InChI is InChI=1S/C16H29N3O/c1-5-19(10-12(2)3)16(20)11-18(4)15-8-13-6-7-14(9-15)17-13/h13-15,17H,2,5-11H2,1,3-4H3. The maximum absolute atomic E-state index is 12.4. The predicted molar refractivity (Wildman–Crippen MR) is 82.7 cm³/mol. The van der Waals surface area contributed by atoms with Crippen molar-refractivity contribution >= 4 is 5.91 Å². The number of nitrogens with zero attached hydrogens (tertiary/aromatic N) is 2. The molecule has 2 atom stereocenters. The predicted octanol–water partition coefficient (Wildman–Crippen LogP) is 1.63. The van der Waals surface area contributed by atoms with Crippen LogP contribution in [0.25, 0.3) is 0 Å². The number of likely N-dealkylation sites (N-methyl/N-ethyl adjacent to an activating group) is 2. The molecule has 0 aliphatic carbocycles. The van der Waals surface area contributed by atoms with Crippen LogP contribution in [0.3, 0.4) is 0 Å². The Balaban J connectivity index is 1.85. The van der Waals surface area contributed by atoms with Gasteiger partial charge in [0.1, 0.15) is 0 Å². The Hall–Kier alpha value is -0.870. The van der Waals surface area contributed by atoms with E-state index in [0.717, 1.165) is 12.1 Å². The minimum atomic E-state index is 0.226. The van der Waals surface area contributed by atoms with Crippen molar-refractivity contribution < 1.29 is 4.79 Å². The Morgan fingerprint density at radius 3 is 2.35 bits per heavy atom. The lowest BCUT2D eigenvalue weighted by atomic mass is 9.98. The molecule has 2 heterocycles. The Bertz CT molecular complexity index is 357. The average Bonchev–Trinajstić information content (AvgIpc) is 2.74. The number of hydrogen-bond acceptors (Lipinski definition) is 3. The molecule has 4 heteroatoms. The number of hydrogen-bond donors (Lipinski definition) is 1. The van der Waals surface area contributed by atoms with Gasteiger partial charge in [0.15, 0.2) is 0 Å². The van der Waals surface area contributed by atoms with E-state index in [1.807, 2.05) is 18.7 Å². The summed E-state index contributed by atoms with van der Waals surface area (Å²) in [4.78, 5) is 16.5. The summed E-state index contributed by atoms with van der Waals surface area (Å²) in [5.41, 5.74) is 1.04. The van der Waals surface area contributed by atoms with Crippen molar-refractivity contribution in [1.29, 1.82) is 0 Å². The summed E-state index contributed by atoms with van der Waals surface area (Å²) in [7, 11) is 2.10. The van der Waals surface area contributed by atoms with Gasteiger partial charge in [-0.15, -0.1) is 0 Å². The first-order chi connectivity index (χ1) is 9.49. The molecule has 0 aromatic rings. The van der Waals surface area contributed by atoms with E-state index in [1.54, 1.807) is 0 Å². The first-order valence-electron chi connectivity index (χ1n) is 7.88. The Morgan fingerprint density at radius 2 is 1.85 bits per heavy atom. The lowest BCUT2D eigenvalue weighted by Crippen LogP contribution is -2.50. The highest BCUT2D eigenvalue weighted by molar-refractivity contribution is 5.78. The molecule has 0 aromatic heterocycles. The van der Waals surface area contributed by atoms with Gasteiger partial charge < -0.3 is 10.2 Å². The summed E-state index contributed by atoms with van der Waals surface area (Å²) < 4.78 is 0. The molecule has 0 saturated carbocycles. The monoisotopic (exact) mass is 279 g/mol. The number of fused-ring (bicyclic) bond motifs is 2. The largest absolute Gasteiger partial charge is 0.338 e. The van der Waals surface area contributed by atoms with Crippen LogP contribution in [0.5, 0.6) is 0 Å². The van der Waals surface area contributed by atoms with E-state index in [4.69, 9.17) is 0 Å². The zero-order valence-corrected chi connectivity index (χ0v) is 13.2. The summed E-state index contributed by atoms with van der Waals surface area (Å²) in [6.07, 6.45) is 4.99. The number of amides is 1. The first-order valence-corrected chi connectivity index (χ1v) is 7.88. The van der Waals surface area contributed by atoms with Crippen LogP contribution in [0.15, 0.2) is 12.2 Å². The van der Waals surface area contributed by atoms with E-state index in [1.165, 1.54) is 25.7 Å². The van der Waals surface area contributed by atoms with E-state index >= 15 is 0 Å². The molecule has 0 radical (unpaired) electrons. The molecule has 2 aliphatic heterocycles. The van der Waals surface area contributed by atoms with Crippen LogP contribution in [0.2, 0.25) is 0 Å². The second kappa shape index (κ2) is 6.72. The maximum Gasteiger partial charge on any atom is 0.237 e. The van der Waals surface area contributed by atoms with Crippen LogP contribution in [-0.2, 0) is 4.79 Å². The third-order valence-corrected chi connectivity index (χ3v) is 4.65. The Morgan fingerprint density at radius 1 is 1.25 bits per heavy atom. The van der Waals surface area contributed by atoms with Crippen molar-refractivity contribution in [3.05, 3.63) is 12.2 Å². The van der Waals surface area contributed by atoms with Gasteiger partial charge in [-0.3, -0.25) is 9.69 Å². The molecule has 0 spiro atoms. The van der Waals surface area contributed by atoms with E-state index in [2.05, 4.69) is 23.8 Å². The van der Waals surface area contributed by atoms with Crippen LogP contribution in [-0.4, -0.2) is 60.5 Å². The average molecular weight is 279 g/mol. The summed E-state index contributed by atoms with van der Waals surface area (Å²) in [5, 5.41) is 3.65. The molecule has 2 fully saturated rings. The van der Waals surface area contributed by atoms with E-state index in [-0.39, 0.29) is 5.91 Å². The minimum Gasteiger partial charge on any atom is -0.338 e. The van der Waals surface area contributed by atoms with Crippen molar-refractivity contribution in [3.8, 4) is 0 Å². The quantitative estimate of drug-likeness (QED) is 0.751. The fraction of sp³-hybridized carbons (Fsp3) is 0.812. The molecular weight excluding hydrogens is 250 g/mol. The fourth-order valence-electron chi connectivity index (χ4n) is 3.53. The molecule has 0 aromatic carbocycles. The highest BCUT2D eigenvalue weighted by atomic mass is 16.2. The van der Waals surface area contributed by atoms with Crippen LogP contribution in [0, 0.1) is 0 Å². The van der Waals surface area contributed by atoms with Gasteiger partial charge in [-0.05, 0) is 46.6 Å². The highest BCUT2D eigenvalue weighted by Crippen LogP contribution is 2.29. The molecule has 1 N–H and O–H groups in total. The molecule has 4 nitrogen and oxygen atoms in total. The SMILES string of the molecule is C=C(C)CN(CC)C(=O)CN(C)C1CC2CCC(C1)N2. The van der Waals surface area contributed by atoms with Gasteiger partial charge >= 0.3 is 0 Å². The van der Waals surface area contributed by atoms with Crippen LogP contribution >= 0.6 is 0 Å². The second-order valence-corrected chi connectivity index (χ2v) is 6.54. The summed E-state index contributed by atoms with van der Waals surface area (Å²) in [6, 6.07) is 1.91. The Kier molecular flexibility index (Phi) is 5.22. The minimum absolute atomic E-state index is 0.226. The van der Waals surface area contributed by atoms with Gasteiger partial charge in [-0.25, -0.2) is 0 Å². The molecule has 2 aliphatic rings. The summed E-state index contributed by atoms with van der Waals surface area (Å²) >= 11 is 0. The molecule has 2 rings (SSSR count). The lowest BCUT2D eigenvalue weighted by molar-refractivity contribution is -0.132. The smallest absolute Gasteiger partial charge is 0.237 e. The van der Waals surface area contributed by atoms with Gasteiger partial charge in [0, 0.05) is 31.2 Å². The molecule has 20 heavy (non-hydrogen) atoms. The number of carbonyl (C=O) groups excluding carboxylic acids is 1. The van der Waals surface area contributed by atoms with Crippen LogP contribution in [0.4, 0.5) is 0 Å². The zero-order valence-electron chi connectivity index (χ0n) is 13.2.